The highest BCUT2D eigenvalue weighted by molar-refractivity contribution is 5.69. The Hall–Kier alpha value is -1.13. The molecular formula is C11H18FNO3. The average molecular weight is 231 g/mol. The molecule has 1 N–H and O–H groups in total. The van der Waals surface area contributed by atoms with Crippen LogP contribution in [0, 0.1) is 5.92 Å². The largest absolute Gasteiger partial charge is 0.444 e. The number of amides is 1. The number of nitrogens with one attached hydrogen (secondary N) is 1. The Balaban J connectivity index is 2.47. The van der Waals surface area contributed by atoms with Crippen LogP contribution < -0.4 is 5.32 Å². The van der Waals surface area contributed by atoms with Gasteiger partial charge in [-0.05, 0) is 33.6 Å². The van der Waals surface area contributed by atoms with E-state index < -0.39 is 29.8 Å². The molecular weight excluding hydrogens is 213 g/mol. The zero-order valence-electron chi connectivity index (χ0n) is 9.83. The fourth-order valence-electron chi connectivity index (χ4n) is 1.78. The molecule has 0 radical (unpaired) electrons. The van der Waals surface area contributed by atoms with Crippen LogP contribution >= 0.6 is 0 Å². The van der Waals surface area contributed by atoms with Crippen molar-refractivity contribution in [1.29, 1.82) is 0 Å². The van der Waals surface area contributed by atoms with E-state index in [2.05, 4.69) is 5.32 Å². The van der Waals surface area contributed by atoms with Crippen molar-refractivity contribution in [3.63, 3.8) is 0 Å². The predicted molar refractivity (Wildman–Crippen MR) is 56.8 cm³/mol. The Morgan fingerprint density at radius 1 is 1.44 bits per heavy atom. The second-order valence-electron chi connectivity index (χ2n) is 5.12. The van der Waals surface area contributed by atoms with E-state index in [-0.39, 0.29) is 12.8 Å². The van der Waals surface area contributed by atoms with Crippen molar-refractivity contribution >= 4 is 12.4 Å². The SMILES string of the molecule is CC(C)(C)OC(=O)NC1CC(F)CC1C=O. The molecule has 0 aromatic carbocycles. The molecule has 1 aliphatic carbocycles. The minimum Gasteiger partial charge on any atom is -0.444 e. The second-order valence-corrected chi connectivity index (χ2v) is 5.12. The van der Waals surface area contributed by atoms with Crippen molar-refractivity contribution in [2.45, 2.75) is 51.4 Å². The van der Waals surface area contributed by atoms with Crippen LogP contribution in [-0.4, -0.2) is 30.2 Å². The summed E-state index contributed by atoms with van der Waals surface area (Å²) < 4.78 is 18.1. The number of rotatable bonds is 2. The minimum atomic E-state index is -1.02. The van der Waals surface area contributed by atoms with E-state index in [9.17, 15) is 14.0 Å². The molecule has 3 atom stereocenters. The van der Waals surface area contributed by atoms with Crippen molar-refractivity contribution < 1.29 is 18.7 Å². The van der Waals surface area contributed by atoms with Gasteiger partial charge in [0.2, 0.25) is 0 Å². The summed E-state index contributed by atoms with van der Waals surface area (Å²) >= 11 is 0. The first-order chi connectivity index (χ1) is 7.31. The molecule has 0 saturated heterocycles. The van der Waals surface area contributed by atoms with Crippen molar-refractivity contribution in [3.05, 3.63) is 0 Å². The third kappa shape index (κ3) is 3.79. The third-order valence-electron chi connectivity index (χ3n) is 2.43. The van der Waals surface area contributed by atoms with Crippen LogP contribution in [-0.2, 0) is 9.53 Å². The lowest BCUT2D eigenvalue weighted by Gasteiger charge is -2.22. The molecule has 5 heteroatoms. The van der Waals surface area contributed by atoms with Gasteiger partial charge in [0.1, 0.15) is 18.1 Å². The highest BCUT2D eigenvalue weighted by Crippen LogP contribution is 2.27. The monoisotopic (exact) mass is 231 g/mol. The van der Waals surface area contributed by atoms with Crippen LogP contribution in [0.5, 0.6) is 0 Å². The predicted octanol–water partition coefficient (Wildman–Crippen LogP) is 1.83. The number of alkyl halides is 1. The van der Waals surface area contributed by atoms with Gasteiger partial charge in [0, 0.05) is 12.0 Å². The number of carbonyl (C=O) groups is 2. The molecule has 0 aromatic rings. The van der Waals surface area contributed by atoms with E-state index in [0.717, 1.165) is 0 Å². The third-order valence-corrected chi connectivity index (χ3v) is 2.43. The molecule has 16 heavy (non-hydrogen) atoms. The van der Waals surface area contributed by atoms with Crippen LogP contribution in [0.4, 0.5) is 9.18 Å². The van der Waals surface area contributed by atoms with Gasteiger partial charge in [-0.3, -0.25) is 0 Å². The standard InChI is InChI=1S/C11H18FNO3/c1-11(2,3)16-10(15)13-9-5-8(12)4-7(9)6-14/h6-9H,4-5H2,1-3H3,(H,13,15). The second kappa shape index (κ2) is 4.80. The molecule has 1 aliphatic rings. The lowest BCUT2D eigenvalue weighted by Crippen LogP contribution is -2.41. The van der Waals surface area contributed by atoms with E-state index >= 15 is 0 Å². The maximum atomic E-state index is 13.0. The molecule has 0 spiro atoms. The first-order valence-electron chi connectivity index (χ1n) is 5.40. The minimum absolute atomic E-state index is 0.183. The number of carbonyl (C=O) groups excluding carboxylic acids is 2. The highest BCUT2D eigenvalue weighted by Gasteiger charge is 2.35. The Labute approximate surface area is 94.5 Å². The van der Waals surface area contributed by atoms with Crippen LogP contribution in [0.3, 0.4) is 0 Å². The van der Waals surface area contributed by atoms with Crippen molar-refractivity contribution in [1.82, 2.24) is 5.32 Å². The van der Waals surface area contributed by atoms with Crippen molar-refractivity contribution in [2.75, 3.05) is 0 Å². The molecule has 4 nitrogen and oxygen atoms in total. The summed E-state index contributed by atoms with van der Waals surface area (Å²) in [6.45, 7) is 5.24. The van der Waals surface area contributed by atoms with Crippen LogP contribution in [0.1, 0.15) is 33.6 Å². The molecule has 0 aliphatic heterocycles. The van der Waals surface area contributed by atoms with Crippen LogP contribution in [0.2, 0.25) is 0 Å². The Bertz CT molecular complexity index is 275. The normalized spacial score (nSPS) is 29.9. The van der Waals surface area contributed by atoms with Gasteiger partial charge in [-0.25, -0.2) is 9.18 Å². The van der Waals surface area contributed by atoms with E-state index in [1.165, 1.54) is 0 Å². The van der Waals surface area contributed by atoms with Gasteiger partial charge in [0.25, 0.3) is 0 Å². The van der Waals surface area contributed by atoms with Crippen LogP contribution in [0.25, 0.3) is 0 Å². The maximum absolute atomic E-state index is 13.0. The fourth-order valence-corrected chi connectivity index (χ4v) is 1.78. The van der Waals surface area contributed by atoms with Gasteiger partial charge in [0.05, 0.1) is 0 Å². The zero-order chi connectivity index (χ0) is 12.3. The van der Waals surface area contributed by atoms with Gasteiger partial charge in [0.15, 0.2) is 0 Å². The summed E-state index contributed by atoms with van der Waals surface area (Å²) in [6.07, 6.45) is -0.553. The smallest absolute Gasteiger partial charge is 0.407 e. The van der Waals surface area contributed by atoms with Gasteiger partial charge in [-0.2, -0.15) is 0 Å². The Morgan fingerprint density at radius 2 is 2.06 bits per heavy atom. The van der Waals surface area contributed by atoms with Gasteiger partial charge >= 0.3 is 6.09 Å². The van der Waals surface area contributed by atoms with Crippen molar-refractivity contribution in [2.24, 2.45) is 5.92 Å². The number of aldehydes is 1. The van der Waals surface area contributed by atoms with Gasteiger partial charge in [-0.15, -0.1) is 0 Å². The lowest BCUT2D eigenvalue weighted by molar-refractivity contribution is -0.111. The summed E-state index contributed by atoms with van der Waals surface area (Å²) in [5.41, 5.74) is -0.589. The molecule has 0 bridgehead atoms. The Morgan fingerprint density at radius 3 is 2.56 bits per heavy atom. The summed E-state index contributed by atoms with van der Waals surface area (Å²) in [5.74, 6) is -0.442. The zero-order valence-corrected chi connectivity index (χ0v) is 9.83. The molecule has 92 valence electrons. The van der Waals surface area contributed by atoms with E-state index in [1.54, 1.807) is 20.8 Å². The number of hydrogen-bond donors (Lipinski definition) is 1. The maximum Gasteiger partial charge on any atom is 0.407 e. The molecule has 0 aromatic heterocycles. The molecule has 1 saturated carbocycles. The van der Waals surface area contributed by atoms with E-state index in [1.807, 2.05) is 0 Å². The highest BCUT2D eigenvalue weighted by atomic mass is 19.1. The van der Waals surface area contributed by atoms with Crippen molar-refractivity contribution in [3.8, 4) is 0 Å². The first kappa shape index (κ1) is 12.9. The lowest BCUT2D eigenvalue weighted by atomic mass is 10.1. The topological polar surface area (TPSA) is 55.4 Å². The number of alkyl carbamates (subject to hydrolysis) is 1. The molecule has 1 amide bonds. The number of ether oxygens (including phenoxy) is 1. The molecule has 1 rings (SSSR count). The summed E-state index contributed by atoms with van der Waals surface area (Å²) in [5, 5.41) is 2.53. The summed E-state index contributed by atoms with van der Waals surface area (Å²) in [6, 6.07) is -0.442. The summed E-state index contributed by atoms with van der Waals surface area (Å²) in [4.78, 5) is 22.1. The number of hydrogen-bond acceptors (Lipinski definition) is 3. The number of halogens is 1. The van der Waals surface area contributed by atoms with Gasteiger partial charge < -0.3 is 14.8 Å². The molecule has 3 unspecified atom stereocenters. The average Bonchev–Trinajstić information content (AvgIpc) is 2.42. The van der Waals surface area contributed by atoms with E-state index in [4.69, 9.17) is 4.74 Å². The fraction of sp³-hybridized carbons (Fsp3) is 0.818. The molecule has 0 heterocycles. The molecule has 1 fully saturated rings. The first-order valence-corrected chi connectivity index (χ1v) is 5.40. The van der Waals surface area contributed by atoms with Crippen LogP contribution in [0.15, 0.2) is 0 Å². The Kier molecular flexibility index (Phi) is 3.88. The summed E-state index contributed by atoms with van der Waals surface area (Å²) in [7, 11) is 0. The quantitative estimate of drug-likeness (QED) is 0.737. The van der Waals surface area contributed by atoms with Gasteiger partial charge in [-0.1, -0.05) is 0 Å². The van der Waals surface area contributed by atoms with E-state index in [0.29, 0.717) is 6.29 Å².